The Balaban J connectivity index is 2.46. The van der Waals surface area contributed by atoms with Gasteiger partial charge >= 0.3 is 13.3 Å². The molecule has 0 aromatic heterocycles. The Morgan fingerprint density at radius 3 is 2.12 bits per heavy atom. The van der Waals surface area contributed by atoms with E-state index in [1.54, 1.807) is 34.6 Å². The summed E-state index contributed by atoms with van der Waals surface area (Å²) in [4.78, 5) is 0. The number of halogens is 4. The summed E-state index contributed by atoms with van der Waals surface area (Å²) in [6, 6.07) is 1.14. The predicted octanol–water partition coefficient (Wildman–Crippen LogP) is 3.52. The smallest absolute Gasteiger partial charge is 0.468 e. The second-order valence-electron chi connectivity index (χ2n) is 6.71. The molecular formula is C16H21BF4O4. The summed E-state index contributed by atoms with van der Waals surface area (Å²) in [6.07, 6.45) is -4.71. The second-order valence-corrected chi connectivity index (χ2v) is 6.71. The molecule has 0 N–H and O–H groups in total. The Kier molecular flexibility index (Phi) is 5.42. The van der Waals surface area contributed by atoms with Gasteiger partial charge in [0.05, 0.1) is 22.2 Å². The van der Waals surface area contributed by atoms with E-state index in [0.717, 1.165) is 6.07 Å². The Labute approximate surface area is 144 Å². The molecule has 1 aliphatic rings. The molecule has 1 heterocycles. The number of hydrogen-bond acceptors (Lipinski definition) is 4. The summed E-state index contributed by atoms with van der Waals surface area (Å²) in [6.45, 7) is 8.72. The largest absolute Gasteiger partial charge is 0.501 e. The average molecular weight is 364 g/mol. The molecule has 0 atom stereocenters. The highest BCUT2D eigenvalue weighted by Crippen LogP contribution is 2.38. The maximum absolute atomic E-state index is 14.5. The molecular weight excluding hydrogens is 343 g/mol. The van der Waals surface area contributed by atoms with E-state index in [9.17, 15) is 17.6 Å². The second kappa shape index (κ2) is 6.77. The van der Waals surface area contributed by atoms with Crippen LogP contribution >= 0.6 is 0 Å². The van der Waals surface area contributed by atoms with Crippen LogP contribution in [0.3, 0.4) is 0 Å². The van der Waals surface area contributed by atoms with Crippen molar-refractivity contribution < 1.29 is 36.3 Å². The van der Waals surface area contributed by atoms with Crippen LogP contribution in [0, 0.1) is 5.82 Å². The third-order valence-corrected chi connectivity index (χ3v) is 4.41. The highest BCUT2D eigenvalue weighted by atomic mass is 19.4. The van der Waals surface area contributed by atoms with Gasteiger partial charge in [0.2, 0.25) is 0 Å². The van der Waals surface area contributed by atoms with E-state index in [1.807, 2.05) is 0 Å². The van der Waals surface area contributed by atoms with Crippen molar-refractivity contribution in [1.82, 2.24) is 0 Å². The monoisotopic (exact) mass is 364 g/mol. The van der Waals surface area contributed by atoms with E-state index in [4.69, 9.17) is 18.8 Å². The van der Waals surface area contributed by atoms with Gasteiger partial charge in [-0.15, -0.1) is 0 Å². The highest BCUT2D eigenvalue weighted by Gasteiger charge is 2.53. The summed E-state index contributed by atoms with van der Waals surface area (Å²) in [5.41, 5.74) is -2.92. The maximum Gasteiger partial charge on any atom is 0.501 e. The van der Waals surface area contributed by atoms with E-state index < -0.39 is 35.9 Å². The summed E-state index contributed by atoms with van der Waals surface area (Å²) >= 11 is 0. The van der Waals surface area contributed by atoms with Gasteiger partial charge in [0.25, 0.3) is 0 Å². The lowest BCUT2D eigenvalue weighted by molar-refractivity contribution is -0.138. The topological polar surface area (TPSA) is 36.9 Å². The number of rotatable bonds is 5. The van der Waals surface area contributed by atoms with E-state index in [1.165, 1.54) is 0 Å². The molecule has 0 bridgehead atoms. The van der Waals surface area contributed by atoms with Gasteiger partial charge in [-0.25, -0.2) is 4.39 Å². The van der Waals surface area contributed by atoms with Gasteiger partial charge in [0.1, 0.15) is 11.6 Å². The third kappa shape index (κ3) is 4.10. The zero-order valence-corrected chi connectivity index (χ0v) is 14.8. The molecule has 0 saturated carbocycles. The van der Waals surface area contributed by atoms with E-state index >= 15 is 0 Å². The van der Waals surface area contributed by atoms with Crippen LogP contribution in [0.1, 0.15) is 40.2 Å². The molecule has 25 heavy (non-hydrogen) atoms. The number of alkyl halides is 3. The Bertz CT molecular complexity index is 615. The number of hydrogen-bond donors (Lipinski definition) is 0. The Hall–Kier alpha value is -1.32. The fourth-order valence-corrected chi connectivity index (χ4v) is 2.25. The summed E-state index contributed by atoms with van der Waals surface area (Å²) in [7, 11) is -1.19. The first-order valence-electron chi connectivity index (χ1n) is 7.86. The van der Waals surface area contributed by atoms with Crippen molar-refractivity contribution in [2.24, 2.45) is 0 Å². The quantitative estimate of drug-likeness (QED) is 0.347. The third-order valence-electron chi connectivity index (χ3n) is 4.41. The van der Waals surface area contributed by atoms with Crippen LogP contribution in [-0.4, -0.2) is 31.7 Å². The molecule has 0 radical (unpaired) electrons. The van der Waals surface area contributed by atoms with Crippen LogP contribution in [-0.2, 0) is 20.2 Å². The first kappa shape index (κ1) is 20.0. The zero-order valence-electron chi connectivity index (χ0n) is 14.8. The maximum atomic E-state index is 14.5. The van der Waals surface area contributed by atoms with Crippen molar-refractivity contribution in [2.75, 3.05) is 13.4 Å². The molecule has 0 unspecified atom stereocenters. The first-order valence-corrected chi connectivity index (χ1v) is 7.86. The molecule has 2 rings (SSSR count). The van der Waals surface area contributed by atoms with Crippen LogP contribution < -0.4 is 10.2 Å². The van der Waals surface area contributed by atoms with Crippen molar-refractivity contribution in [3.8, 4) is 5.75 Å². The van der Waals surface area contributed by atoms with Crippen molar-refractivity contribution in [3.05, 3.63) is 23.5 Å². The predicted molar refractivity (Wildman–Crippen MR) is 84.2 cm³/mol. The minimum Gasteiger partial charge on any atom is -0.468 e. The lowest BCUT2D eigenvalue weighted by Crippen LogP contribution is -2.41. The minimum absolute atomic E-state index is 0.216. The average Bonchev–Trinajstić information content (AvgIpc) is 2.65. The molecule has 4 nitrogen and oxygen atoms in total. The van der Waals surface area contributed by atoms with Gasteiger partial charge in [-0.05, 0) is 46.8 Å². The van der Waals surface area contributed by atoms with Crippen LogP contribution in [0.5, 0.6) is 5.75 Å². The highest BCUT2D eigenvalue weighted by molar-refractivity contribution is 6.63. The summed E-state index contributed by atoms with van der Waals surface area (Å²) in [5.74, 6) is -1.43. The fourth-order valence-electron chi connectivity index (χ4n) is 2.25. The van der Waals surface area contributed by atoms with Gasteiger partial charge in [-0.2, -0.15) is 13.2 Å². The molecule has 1 aliphatic heterocycles. The van der Waals surface area contributed by atoms with Crippen LogP contribution in [0.25, 0.3) is 0 Å². The van der Waals surface area contributed by atoms with E-state index in [-0.39, 0.29) is 18.0 Å². The Morgan fingerprint density at radius 2 is 1.64 bits per heavy atom. The molecule has 1 fully saturated rings. The van der Waals surface area contributed by atoms with Crippen LogP contribution in [0.2, 0.25) is 0 Å². The number of benzene rings is 1. The first-order chi connectivity index (χ1) is 11.4. The molecule has 1 aromatic rings. The molecule has 1 aromatic carbocycles. The standard InChI is InChI=1S/C16H21BF4O4/c1-6-22-9-23-12-8-10(16(19,20)21)7-11(18)13(12)17-24-14(2,3)15(4,5)25-17/h7-8H,6,9H2,1-5H3. The van der Waals surface area contributed by atoms with Gasteiger partial charge in [-0.1, -0.05) is 0 Å². The van der Waals surface area contributed by atoms with E-state index in [2.05, 4.69) is 0 Å². The van der Waals surface area contributed by atoms with Crippen molar-refractivity contribution in [2.45, 2.75) is 52.0 Å². The lowest BCUT2D eigenvalue weighted by atomic mass is 9.77. The van der Waals surface area contributed by atoms with Crippen LogP contribution in [0.15, 0.2) is 12.1 Å². The van der Waals surface area contributed by atoms with Gasteiger partial charge in [-0.3, -0.25) is 0 Å². The van der Waals surface area contributed by atoms with Gasteiger partial charge < -0.3 is 18.8 Å². The van der Waals surface area contributed by atoms with Crippen molar-refractivity contribution in [3.63, 3.8) is 0 Å². The molecule has 140 valence electrons. The molecule has 9 heteroatoms. The number of ether oxygens (including phenoxy) is 2. The summed E-state index contributed by atoms with van der Waals surface area (Å²) < 4.78 is 75.1. The molecule has 0 spiro atoms. The molecule has 0 aliphatic carbocycles. The normalized spacial score (nSPS) is 19.3. The lowest BCUT2D eigenvalue weighted by Gasteiger charge is -2.32. The van der Waals surface area contributed by atoms with Gasteiger partial charge in [0.15, 0.2) is 6.79 Å². The molecule has 1 saturated heterocycles. The molecule has 0 amide bonds. The van der Waals surface area contributed by atoms with E-state index in [0.29, 0.717) is 12.7 Å². The Morgan fingerprint density at radius 1 is 1.08 bits per heavy atom. The van der Waals surface area contributed by atoms with Crippen molar-refractivity contribution in [1.29, 1.82) is 0 Å². The van der Waals surface area contributed by atoms with Crippen molar-refractivity contribution >= 4 is 12.6 Å². The summed E-state index contributed by atoms with van der Waals surface area (Å²) in [5, 5.41) is 0. The minimum atomic E-state index is -4.71. The fraction of sp³-hybridized carbons (Fsp3) is 0.625. The van der Waals surface area contributed by atoms with Gasteiger partial charge in [0, 0.05) is 6.61 Å². The zero-order chi connectivity index (χ0) is 19.0. The van der Waals surface area contributed by atoms with Crippen LogP contribution in [0.4, 0.5) is 17.6 Å². The SMILES string of the molecule is CCOCOc1cc(C(F)(F)F)cc(F)c1B1OC(C)(C)C(C)(C)O1.